The molecule has 5 heteroatoms. The molecule has 29 heavy (non-hydrogen) atoms. The van der Waals surface area contributed by atoms with Crippen molar-refractivity contribution in [3.8, 4) is 23.3 Å². The van der Waals surface area contributed by atoms with E-state index in [0.717, 1.165) is 29.5 Å². The van der Waals surface area contributed by atoms with Crippen LogP contribution in [0.15, 0.2) is 48.5 Å². The zero-order valence-electron chi connectivity index (χ0n) is 16.3. The average Bonchev–Trinajstić information content (AvgIpc) is 3.36. The van der Waals surface area contributed by atoms with Crippen LogP contribution in [0.25, 0.3) is 11.1 Å². The molecule has 0 aromatic heterocycles. The fourth-order valence-corrected chi connectivity index (χ4v) is 4.56. The van der Waals surface area contributed by atoms with Crippen molar-refractivity contribution in [3.05, 3.63) is 59.7 Å². The monoisotopic (exact) mass is 384 g/mol. The Morgan fingerprint density at radius 1 is 1.07 bits per heavy atom. The van der Waals surface area contributed by atoms with E-state index < -0.39 is 6.04 Å². The van der Waals surface area contributed by atoms with Crippen molar-refractivity contribution in [1.29, 1.82) is 10.5 Å². The minimum atomic E-state index is -0.537. The Bertz CT molecular complexity index is 940. The molecule has 1 aliphatic heterocycles. The third-order valence-electron chi connectivity index (χ3n) is 6.14. The summed E-state index contributed by atoms with van der Waals surface area (Å²) in [6.45, 7) is 0. The molecule has 4 atom stereocenters. The highest BCUT2D eigenvalue weighted by Gasteiger charge is 2.39. The van der Waals surface area contributed by atoms with Crippen LogP contribution in [0.3, 0.4) is 0 Å². The molecular weight excluding hydrogens is 360 g/mol. The lowest BCUT2D eigenvalue weighted by Crippen LogP contribution is -2.46. The second-order valence-electron chi connectivity index (χ2n) is 8.03. The summed E-state index contributed by atoms with van der Waals surface area (Å²) in [7, 11) is 0. The van der Waals surface area contributed by atoms with E-state index in [-0.39, 0.29) is 11.9 Å². The molecule has 5 nitrogen and oxygen atoms in total. The first-order chi connectivity index (χ1) is 14.2. The number of nitrogens with one attached hydrogen (secondary N) is 2. The Labute approximate surface area is 171 Å². The molecule has 1 saturated carbocycles. The highest BCUT2D eigenvalue weighted by molar-refractivity contribution is 5.82. The van der Waals surface area contributed by atoms with Crippen molar-refractivity contribution >= 4 is 5.91 Å². The Balaban J connectivity index is 1.35. The Hall–Kier alpha value is -3.15. The number of carbonyl (C=O) groups excluding carboxylic acids is 1. The second kappa shape index (κ2) is 8.47. The highest BCUT2D eigenvalue weighted by atomic mass is 16.2. The van der Waals surface area contributed by atoms with Crippen molar-refractivity contribution in [3.63, 3.8) is 0 Å². The van der Waals surface area contributed by atoms with E-state index in [1.165, 1.54) is 12.8 Å². The smallest absolute Gasteiger partial charge is 0.238 e. The third kappa shape index (κ3) is 4.31. The van der Waals surface area contributed by atoms with Crippen LogP contribution in [0, 0.1) is 28.6 Å². The number of carbonyl (C=O) groups is 1. The quantitative estimate of drug-likeness (QED) is 0.828. The molecule has 1 aliphatic carbocycles. The number of amides is 1. The first kappa shape index (κ1) is 19.2. The summed E-state index contributed by atoms with van der Waals surface area (Å²) in [6.07, 6.45) is 4.97. The summed E-state index contributed by atoms with van der Waals surface area (Å²) in [4.78, 5) is 12.6. The van der Waals surface area contributed by atoms with E-state index in [1.807, 2.05) is 36.4 Å². The standard InChI is InChI=1S/C24H24N4O/c25-14-17-6-10-19(11-7-17)18-8-4-16(5-9-18)12-21(15-26)27-24(29)23-13-20-2-1-3-22(20)28-23/h4-11,20-23,28H,1-3,12-13H2,(H,27,29)/t20-,21-,22-,23-/m0/s1. The Morgan fingerprint density at radius 2 is 1.76 bits per heavy atom. The van der Waals surface area contributed by atoms with E-state index in [0.29, 0.717) is 23.9 Å². The summed E-state index contributed by atoms with van der Waals surface area (Å²) in [5.41, 5.74) is 3.74. The molecule has 1 amide bonds. The second-order valence-corrected chi connectivity index (χ2v) is 8.03. The van der Waals surface area contributed by atoms with Gasteiger partial charge < -0.3 is 10.6 Å². The largest absolute Gasteiger partial charge is 0.339 e. The fourth-order valence-electron chi connectivity index (χ4n) is 4.56. The summed E-state index contributed by atoms with van der Waals surface area (Å²) in [5.74, 6) is 0.557. The lowest BCUT2D eigenvalue weighted by molar-refractivity contribution is -0.123. The molecule has 2 aromatic carbocycles. The van der Waals surface area contributed by atoms with E-state index >= 15 is 0 Å². The summed E-state index contributed by atoms with van der Waals surface area (Å²) >= 11 is 0. The van der Waals surface area contributed by atoms with Crippen LogP contribution in [-0.4, -0.2) is 24.0 Å². The van der Waals surface area contributed by atoms with Gasteiger partial charge in [-0.05, 0) is 54.0 Å². The van der Waals surface area contributed by atoms with Crippen LogP contribution in [0.5, 0.6) is 0 Å². The highest BCUT2D eigenvalue weighted by Crippen LogP contribution is 2.34. The molecule has 0 unspecified atom stereocenters. The maximum absolute atomic E-state index is 12.6. The first-order valence-corrected chi connectivity index (χ1v) is 10.2. The maximum Gasteiger partial charge on any atom is 0.238 e. The van der Waals surface area contributed by atoms with Gasteiger partial charge in [-0.1, -0.05) is 42.8 Å². The number of hydrogen-bond acceptors (Lipinski definition) is 4. The van der Waals surface area contributed by atoms with Gasteiger partial charge in [-0.2, -0.15) is 10.5 Å². The topological polar surface area (TPSA) is 88.7 Å². The molecule has 4 rings (SSSR count). The van der Waals surface area contributed by atoms with E-state index in [2.05, 4.69) is 22.8 Å². The molecule has 2 fully saturated rings. The van der Waals surface area contributed by atoms with Gasteiger partial charge in [0.25, 0.3) is 0 Å². The first-order valence-electron chi connectivity index (χ1n) is 10.2. The number of benzene rings is 2. The predicted octanol–water partition coefficient (Wildman–Crippen LogP) is 3.31. The number of fused-ring (bicyclic) bond motifs is 1. The molecule has 2 aromatic rings. The molecule has 1 heterocycles. The fraction of sp³-hybridized carbons (Fsp3) is 0.375. The van der Waals surface area contributed by atoms with Crippen LogP contribution < -0.4 is 10.6 Å². The van der Waals surface area contributed by atoms with Crippen LogP contribution in [-0.2, 0) is 11.2 Å². The zero-order chi connectivity index (χ0) is 20.2. The number of hydrogen-bond donors (Lipinski definition) is 2. The number of nitrogens with zero attached hydrogens (tertiary/aromatic N) is 2. The summed E-state index contributed by atoms with van der Waals surface area (Å²) < 4.78 is 0. The van der Waals surface area contributed by atoms with Gasteiger partial charge in [-0.15, -0.1) is 0 Å². The minimum Gasteiger partial charge on any atom is -0.339 e. The van der Waals surface area contributed by atoms with Crippen LogP contribution in [0.4, 0.5) is 0 Å². The maximum atomic E-state index is 12.6. The van der Waals surface area contributed by atoms with Gasteiger partial charge >= 0.3 is 0 Å². The zero-order valence-corrected chi connectivity index (χ0v) is 16.3. The van der Waals surface area contributed by atoms with Gasteiger partial charge in [0.05, 0.1) is 23.7 Å². The number of nitriles is 2. The molecule has 0 radical (unpaired) electrons. The van der Waals surface area contributed by atoms with Gasteiger partial charge in [0.2, 0.25) is 5.91 Å². The minimum absolute atomic E-state index is 0.0554. The van der Waals surface area contributed by atoms with Crippen LogP contribution >= 0.6 is 0 Å². The van der Waals surface area contributed by atoms with Gasteiger partial charge in [0.15, 0.2) is 0 Å². The lowest BCUT2D eigenvalue weighted by Gasteiger charge is -2.17. The van der Waals surface area contributed by atoms with E-state index in [4.69, 9.17) is 5.26 Å². The summed E-state index contributed by atoms with van der Waals surface area (Å²) in [6, 6.07) is 19.6. The van der Waals surface area contributed by atoms with E-state index in [9.17, 15) is 10.1 Å². The molecule has 2 aliphatic rings. The lowest BCUT2D eigenvalue weighted by atomic mass is 9.99. The van der Waals surface area contributed by atoms with E-state index in [1.54, 1.807) is 12.1 Å². The van der Waals surface area contributed by atoms with Crippen molar-refractivity contribution < 1.29 is 4.79 Å². The van der Waals surface area contributed by atoms with Crippen molar-refractivity contribution in [2.75, 3.05) is 0 Å². The normalized spacial score (nSPS) is 23.6. The molecule has 0 spiro atoms. The SMILES string of the molecule is N#Cc1ccc(-c2ccc(C[C@@H](C#N)NC(=O)[C@@H]3C[C@@H]4CCC[C@@H]4N3)cc2)cc1. The van der Waals surface area contributed by atoms with Crippen molar-refractivity contribution in [2.24, 2.45) is 5.92 Å². The van der Waals surface area contributed by atoms with Gasteiger partial charge in [0.1, 0.15) is 6.04 Å². The van der Waals surface area contributed by atoms with Crippen LogP contribution in [0.2, 0.25) is 0 Å². The van der Waals surface area contributed by atoms with Crippen LogP contribution in [0.1, 0.15) is 36.8 Å². The van der Waals surface area contributed by atoms with Crippen molar-refractivity contribution in [1.82, 2.24) is 10.6 Å². The third-order valence-corrected chi connectivity index (χ3v) is 6.14. The average molecular weight is 384 g/mol. The molecule has 146 valence electrons. The van der Waals surface area contributed by atoms with Crippen molar-refractivity contribution in [2.45, 2.75) is 50.2 Å². The Morgan fingerprint density at radius 3 is 2.38 bits per heavy atom. The van der Waals surface area contributed by atoms with Gasteiger partial charge in [0, 0.05) is 12.5 Å². The molecule has 0 bridgehead atoms. The molecular formula is C24H24N4O. The molecule has 1 saturated heterocycles. The summed E-state index contributed by atoms with van der Waals surface area (Å²) in [5, 5.41) is 24.8. The number of rotatable bonds is 5. The molecule has 2 N–H and O–H groups in total. The Kier molecular flexibility index (Phi) is 5.60. The van der Waals surface area contributed by atoms with Gasteiger partial charge in [-0.3, -0.25) is 4.79 Å². The predicted molar refractivity (Wildman–Crippen MR) is 111 cm³/mol. The van der Waals surface area contributed by atoms with Gasteiger partial charge in [-0.25, -0.2) is 0 Å².